The van der Waals surface area contributed by atoms with Crippen molar-refractivity contribution in [2.75, 3.05) is 31.1 Å². The fraction of sp³-hybridized carbons (Fsp3) is 0.578. The van der Waals surface area contributed by atoms with E-state index >= 15 is 0 Å². The van der Waals surface area contributed by atoms with Crippen LogP contribution in [-0.2, 0) is 31.0 Å². The molecule has 0 aliphatic carbocycles. The van der Waals surface area contributed by atoms with Gasteiger partial charge in [-0.3, -0.25) is 38.6 Å². The highest BCUT2D eigenvalue weighted by Gasteiger charge is 2.48. The van der Waals surface area contributed by atoms with E-state index in [-0.39, 0.29) is 41.8 Å². The lowest BCUT2D eigenvalue weighted by molar-refractivity contribution is -0.148. The Morgan fingerprint density at radius 1 is 0.967 bits per heavy atom. The van der Waals surface area contributed by atoms with Gasteiger partial charge in [0.2, 0.25) is 23.6 Å². The predicted octanol–water partition coefficient (Wildman–Crippen LogP) is 4.12. The number of piperidine rings is 2. The molecule has 7 heterocycles. The fourth-order valence-electron chi connectivity index (χ4n) is 9.83. The van der Waals surface area contributed by atoms with E-state index in [0.717, 1.165) is 69.2 Å². The molecule has 5 saturated heterocycles. The zero-order valence-corrected chi connectivity index (χ0v) is 35.1. The third-order valence-electron chi connectivity index (χ3n) is 13.0. The summed E-state index contributed by atoms with van der Waals surface area (Å²) in [6, 6.07) is 5.76. The first-order valence-corrected chi connectivity index (χ1v) is 21.6. The summed E-state index contributed by atoms with van der Waals surface area (Å²) in [5.74, 6) is 6.37. The minimum Gasteiger partial charge on any atom is -0.444 e. The summed E-state index contributed by atoms with van der Waals surface area (Å²) in [4.78, 5) is 88.2. The topological polar surface area (TPSA) is 168 Å². The molecule has 15 heteroatoms. The normalized spacial score (nSPS) is 24.0. The average molecular weight is 821 g/mol. The molecule has 1 unspecified atom stereocenters. The monoisotopic (exact) mass is 820 g/mol. The van der Waals surface area contributed by atoms with Gasteiger partial charge in [0.25, 0.3) is 0 Å². The lowest BCUT2D eigenvalue weighted by Gasteiger charge is -2.44. The summed E-state index contributed by atoms with van der Waals surface area (Å²) in [6.45, 7) is 8.40. The number of alkyl carbamates (subject to hydrolysis) is 1. The lowest BCUT2D eigenvalue weighted by Crippen LogP contribution is -2.58. The van der Waals surface area contributed by atoms with Crippen LogP contribution in [0, 0.1) is 17.8 Å². The largest absolute Gasteiger partial charge is 0.444 e. The lowest BCUT2D eigenvalue weighted by atomic mass is 9.88. The van der Waals surface area contributed by atoms with Crippen molar-refractivity contribution in [2.45, 2.75) is 127 Å². The van der Waals surface area contributed by atoms with Gasteiger partial charge in [-0.15, -0.1) is 0 Å². The molecule has 2 N–H and O–H groups in total. The van der Waals surface area contributed by atoms with Crippen molar-refractivity contribution in [2.24, 2.45) is 13.0 Å². The fourth-order valence-corrected chi connectivity index (χ4v) is 9.83. The molecule has 5 aliphatic heterocycles. The van der Waals surface area contributed by atoms with Crippen molar-refractivity contribution >= 4 is 46.4 Å². The molecule has 0 bridgehead atoms. The van der Waals surface area contributed by atoms with Gasteiger partial charge in [0.1, 0.15) is 23.7 Å². The van der Waals surface area contributed by atoms with E-state index in [0.29, 0.717) is 49.3 Å². The first-order chi connectivity index (χ1) is 28.8. The molecular weight excluding hydrogens is 765 g/mol. The Kier molecular flexibility index (Phi) is 11.5. The summed E-state index contributed by atoms with van der Waals surface area (Å²) < 4.78 is 8.44. The summed E-state index contributed by atoms with van der Waals surface area (Å²) in [5, 5.41) is 5.13. The van der Waals surface area contributed by atoms with E-state index in [2.05, 4.69) is 38.4 Å². The van der Waals surface area contributed by atoms with E-state index in [1.165, 1.54) is 14.8 Å². The van der Waals surface area contributed by atoms with Gasteiger partial charge in [-0.05, 0) is 109 Å². The molecule has 318 valence electrons. The Labute approximate surface area is 350 Å². The minimum absolute atomic E-state index is 0.00977. The zero-order chi connectivity index (χ0) is 42.3. The number of imide groups is 1. The summed E-state index contributed by atoms with van der Waals surface area (Å²) in [7, 11) is 1.68. The first kappa shape index (κ1) is 41.1. The molecule has 5 aliphatic rings. The number of likely N-dealkylation sites (tertiary alicyclic amines) is 1. The summed E-state index contributed by atoms with van der Waals surface area (Å²) >= 11 is 0. The number of carbonyl (C=O) groups is 5. The van der Waals surface area contributed by atoms with Crippen molar-refractivity contribution in [3.8, 4) is 11.8 Å². The molecule has 1 aromatic carbocycles. The molecule has 5 amide bonds. The second kappa shape index (κ2) is 16.8. The molecule has 3 aromatic rings. The number of ether oxygens (including phenoxy) is 1. The molecule has 15 nitrogen and oxygen atoms in total. The van der Waals surface area contributed by atoms with Gasteiger partial charge in [-0.1, -0.05) is 11.8 Å². The molecule has 0 radical (unpaired) electrons. The second-order valence-electron chi connectivity index (χ2n) is 18.1. The molecule has 60 heavy (non-hydrogen) atoms. The molecular formula is C45H56N8O7. The molecule has 2 aromatic heterocycles. The van der Waals surface area contributed by atoms with E-state index in [1.807, 2.05) is 35.5 Å². The number of imidazole rings is 1. The van der Waals surface area contributed by atoms with Gasteiger partial charge in [0, 0.05) is 87.2 Å². The number of carbonyl (C=O) groups excluding carboxylic acids is 5. The SMILES string of the molecule is Cn1c(=O)n(C2CCC(=O)NC2=O)c2ccc(C#CCCC3CCN(c4ccncc4C4CN(C(=O)[C@@H]5CC[C@@H]6CCC[C@H](NC(=O)OC(C)(C)C)C(=O)N65)C4)CC3)cc21. The zero-order valence-electron chi connectivity index (χ0n) is 35.1. The third-order valence-corrected chi connectivity index (χ3v) is 13.0. The number of amides is 5. The van der Waals surface area contributed by atoms with Crippen LogP contribution in [0.5, 0.6) is 0 Å². The van der Waals surface area contributed by atoms with Gasteiger partial charge in [0.05, 0.1) is 11.0 Å². The standard InChI is InChI=1S/C45H56N8O7/c1-45(2,3)60-43(58)47-33-11-7-10-31-13-15-37(52(31)41(33)56)42(57)51-26-30(27-51)32-25-46-21-18-34(32)50-22-19-28(20-23-50)8-5-6-9-29-12-14-35-38(24-29)49(4)44(59)53(35)36-16-17-39(54)48-40(36)55/h12,14,18,21,24-25,28,30-31,33,36-37H,5,7-8,10-11,13,15-17,19-20,22-23,26-27H2,1-4H3,(H,47,58)(H,48,54,55)/t31-,33-,36?,37-/m0/s1. The van der Waals surface area contributed by atoms with Crippen molar-refractivity contribution in [1.29, 1.82) is 0 Å². The Balaban J connectivity index is 0.829. The number of nitrogens with zero attached hydrogens (tertiary/aromatic N) is 6. The van der Waals surface area contributed by atoms with Gasteiger partial charge < -0.3 is 24.8 Å². The Bertz CT molecular complexity index is 2300. The highest BCUT2D eigenvalue weighted by molar-refractivity contribution is 6.00. The van der Waals surface area contributed by atoms with Crippen LogP contribution in [0.2, 0.25) is 0 Å². The van der Waals surface area contributed by atoms with E-state index in [1.54, 1.807) is 32.7 Å². The Morgan fingerprint density at radius 3 is 2.50 bits per heavy atom. The molecule has 5 fully saturated rings. The number of aromatic nitrogens is 3. The number of benzene rings is 1. The minimum atomic E-state index is -0.719. The smallest absolute Gasteiger partial charge is 0.408 e. The maximum absolute atomic E-state index is 13.9. The number of hydrogen-bond donors (Lipinski definition) is 2. The first-order valence-electron chi connectivity index (χ1n) is 21.6. The van der Waals surface area contributed by atoms with Crippen molar-refractivity contribution in [3.63, 3.8) is 0 Å². The van der Waals surface area contributed by atoms with Gasteiger partial charge in [-0.25, -0.2) is 9.59 Å². The number of fused-ring (bicyclic) bond motifs is 2. The number of pyridine rings is 1. The number of rotatable bonds is 7. The number of aryl methyl sites for hydroxylation is 1. The van der Waals surface area contributed by atoms with Gasteiger partial charge >= 0.3 is 11.8 Å². The van der Waals surface area contributed by atoms with Crippen molar-refractivity contribution in [1.82, 2.24) is 34.6 Å². The Morgan fingerprint density at radius 2 is 1.75 bits per heavy atom. The van der Waals surface area contributed by atoms with Crippen LogP contribution in [0.3, 0.4) is 0 Å². The number of hydrogen-bond acceptors (Lipinski definition) is 9. The molecule has 0 spiro atoms. The average Bonchev–Trinajstić information content (AvgIpc) is 3.67. The highest BCUT2D eigenvalue weighted by Crippen LogP contribution is 2.39. The third kappa shape index (κ3) is 8.38. The number of anilines is 1. The summed E-state index contributed by atoms with van der Waals surface area (Å²) in [5.41, 5.74) is 3.51. The summed E-state index contributed by atoms with van der Waals surface area (Å²) in [6.07, 6.45) is 11.1. The molecule has 0 saturated carbocycles. The predicted molar refractivity (Wildman–Crippen MR) is 224 cm³/mol. The van der Waals surface area contributed by atoms with Gasteiger partial charge in [0.15, 0.2) is 0 Å². The van der Waals surface area contributed by atoms with Crippen LogP contribution in [-0.4, -0.2) is 104 Å². The van der Waals surface area contributed by atoms with Gasteiger partial charge in [-0.2, -0.15) is 0 Å². The van der Waals surface area contributed by atoms with Crippen LogP contribution in [0.15, 0.2) is 41.5 Å². The van der Waals surface area contributed by atoms with Crippen molar-refractivity contribution < 1.29 is 28.7 Å². The molecule has 4 atom stereocenters. The van der Waals surface area contributed by atoms with Crippen molar-refractivity contribution in [3.05, 3.63) is 58.3 Å². The van der Waals surface area contributed by atoms with Crippen LogP contribution < -0.4 is 21.2 Å². The van der Waals surface area contributed by atoms with Crippen LogP contribution in [0.1, 0.15) is 114 Å². The van der Waals surface area contributed by atoms with Crippen LogP contribution in [0.25, 0.3) is 11.0 Å². The van der Waals surface area contributed by atoms with E-state index in [4.69, 9.17) is 4.74 Å². The van der Waals surface area contributed by atoms with Crippen LogP contribution >= 0.6 is 0 Å². The number of nitrogens with one attached hydrogen (secondary N) is 2. The Hall–Kier alpha value is -5.65. The quantitative estimate of drug-likeness (QED) is 0.263. The maximum Gasteiger partial charge on any atom is 0.408 e. The molecule has 8 rings (SSSR count). The van der Waals surface area contributed by atoms with E-state index in [9.17, 15) is 28.8 Å². The highest BCUT2D eigenvalue weighted by atomic mass is 16.6. The van der Waals surface area contributed by atoms with E-state index < -0.39 is 35.7 Å². The maximum atomic E-state index is 13.9. The van der Waals surface area contributed by atoms with Crippen LogP contribution in [0.4, 0.5) is 10.5 Å². The second-order valence-corrected chi connectivity index (χ2v) is 18.1.